The minimum Gasteiger partial charge on any atom is -0.462 e. The van der Waals surface area contributed by atoms with Gasteiger partial charge in [-0.2, -0.15) is 0 Å². The van der Waals surface area contributed by atoms with Crippen molar-refractivity contribution in [2.24, 2.45) is 17.3 Å². The summed E-state index contributed by atoms with van der Waals surface area (Å²) >= 11 is 0. The van der Waals surface area contributed by atoms with Crippen LogP contribution in [0.15, 0.2) is 18.2 Å². The largest absolute Gasteiger partial charge is 0.462 e. The molecular formula is C32H48O4. The zero-order valence-corrected chi connectivity index (χ0v) is 19.9. The summed E-state index contributed by atoms with van der Waals surface area (Å²) in [6.07, 6.45) is -39.9. The highest BCUT2D eigenvalue weighted by molar-refractivity contribution is 5.72. The van der Waals surface area contributed by atoms with Crippen LogP contribution in [0.25, 0.3) is 0 Å². The molecule has 2 fully saturated rings. The van der Waals surface area contributed by atoms with E-state index in [0.29, 0.717) is 37.7 Å². The lowest BCUT2D eigenvalue weighted by Crippen LogP contribution is -2.45. The van der Waals surface area contributed by atoms with E-state index in [1.807, 2.05) is 6.92 Å². The van der Waals surface area contributed by atoms with Gasteiger partial charge in [0, 0.05) is 53.8 Å². The summed E-state index contributed by atoms with van der Waals surface area (Å²) in [6.45, 7) is -5.81. The predicted molar refractivity (Wildman–Crippen MR) is 144 cm³/mol. The van der Waals surface area contributed by atoms with E-state index >= 15 is 0 Å². The van der Waals surface area contributed by atoms with Crippen molar-refractivity contribution < 1.29 is 54.7 Å². The van der Waals surface area contributed by atoms with Crippen LogP contribution in [0.5, 0.6) is 5.75 Å². The fourth-order valence-electron chi connectivity index (χ4n) is 6.35. The van der Waals surface area contributed by atoms with Gasteiger partial charge in [0.15, 0.2) is 0 Å². The molecule has 1 aromatic rings. The lowest BCUT2D eigenvalue weighted by atomic mass is 9.55. The number of rotatable bonds is 12. The van der Waals surface area contributed by atoms with Gasteiger partial charge in [0.2, 0.25) is 0 Å². The summed E-state index contributed by atoms with van der Waals surface area (Å²) in [4.78, 5) is 26.6. The third-order valence-corrected chi connectivity index (χ3v) is 7.78. The van der Waals surface area contributed by atoms with Gasteiger partial charge in [0.1, 0.15) is 11.9 Å². The number of hydrogen-bond acceptors (Lipinski definition) is 4. The molecule has 0 aliphatic heterocycles. The molecule has 4 heteroatoms. The third kappa shape index (κ3) is 6.17. The molecule has 2 saturated carbocycles. The van der Waals surface area contributed by atoms with E-state index in [0.717, 1.165) is 5.56 Å². The van der Waals surface area contributed by atoms with Crippen molar-refractivity contribution in [1.29, 1.82) is 0 Å². The van der Waals surface area contributed by atoms with E-state index < -0.39 is 101 Å². The number of carbonyl (C=O) groups excluding carboxylic acids is 2. The molecule has 0 heterocycles. The summed E-state index contributed by atoms with van der Waals surface area (Å²) < 4.78 is 217. The molecule has 4 nitrogen and oxygen atoms in total. The fraction of sp³-hybridized carbons (Fsp3) is 0.750. The average molecular weight is 523 g/mol. The number of hydrogen-bond donors (Lipinski definition) is 0. The van der Waals surface area contributed by atoms with Crippen LogP contribution >= 0.6 is 0 Å². The van der Waals surface area contributed by atoms with E-state index in [4.69, 9.17) is 45.1 Å². The summed E-state index contributed by atoms with van der Waals surface area (Å²) in [7, 11) is 0. The molecule has 36 heavy (non-hydrogen) atoms. The normalized spacial score (nSPS) is 44.0. The van der Waals surface area contributed by atoms with Gasteiger partial charge in [-0.15, -0.1) is 0 Å². The standard InChI is InChI=1S/C32H48O4/c1-4-6-8-10-12-30(33)35-24-15-17-25-23(22-24)14-16-27-26(25)20-21-32(3)28(27)18-19-29(32)36-31(34)13-11-9-7-5-2/h15,17,22,26-29H,4-14,16,18-21H2,1-3H3/t26-,27-,28+,29+,32+/m1/s1/i1D3,2D3,4D2,5D2,6D2,7D2,8D2,9D2,10D2,11D2,12D2,13D2. The van der Waals surface area contributed by atoms with Crippen LogP contribution in [-0.2, 0) is 20.7 Å². The van der Waals surface area contributed by atoms with E-state index in [2.05, 4.69) is 0 Å². The van der Waals surface area contributed by atoms with Crippen LogP contribution < -0.4 is 4.74 Å². The zero-order valence-electron chi connectivity index (χ0n) is 45.9. The van der Waals surface area contributed by atoms with Crippen molar-refractivity contribution >= 4 is 11.9 Å². The Kier molecular flexibility index (Phi) is 3.30. The molecule has 200 valence electrons. The van der Waals surface area contributed by atoms with Gasteiger partial charge >= 0.3 is 11.9 Å². The molecule has 0 amide bonds. The van der Waals surface area contributed by atoms with E-state index in [1.165, 1.54) is 12.1 Å². The van der Waals surface area contributed by atoms with Gasteiger partial charge in [0.05, 0.1) is 0 Å². The Morgan fingerprint density at radius 2 is 1.72 bits per heavy atom. The first-order valence-electron chi connectivity index (χ1n) is 24.9. The highest BCUT2D eigenvalue weighted by Crippen LogP contribution is 2.61. The van der Waals surface area contributed by atoms with Crippen LogP contribution in [0.1, 0.15) is 169 Å². The summed E-state index contributed by atoms with van der Waals surface area (Å²) in [5, 5.41) is 0. The number of benzene rings is 1. The molecule has 3 aliphatic carbocycles. The topological polar surface area (TPSA) is 52.6 Å². The van der Waals surface area contributed by atoms with Gasteiger partial charge in [-0.05, 0) is 92.3 Å². The van der Waals surface area contributed by atoms with Crippen LogP contribution in [0, 0.1) is 17.3 Å². The van der Waals surface area contributed by atoms with Gasteiger partial charge < -0.3 is 9.47 Å². The molecule has 0 unspecified atom stereocenters. The molecule has 0 N–H and O–H groups in total. The van der Waals surface area contributed by atoms with Crippen molar-refractivity contribution in [2.75, 3.05) is 0 Å². The van der Waals surface area contributed by atoms with Crippen molar-refractivity contribution in [3.05, 3.63) is 29.3 Å². The Hall–Kier alpha value is -1.84. The molecule has 0 aromatic heterocycles. The first-order valence-corrected chi connectivity index (χ1v) is 11.9. The number of aryl methyl sites for hydroxylation is 1. The first-order chi connectivity index (χ1) is 27.3. The first kappa shape index (κ1) is 9.42. The number of ether oxygens (including phenoxy) is 2. The van der Waals surface area contributed by atoms with Crippen LogP contribution in [0.4, 0.5) is 0 Å². The monoisotopic (exact) mass is 523 g/mol. The molecular weight excluding hydrogens is 448 g/mol. The minimum atomic E-state index is -4.26. The predicted octanol–water partition coefficient (Wildman–Crippen LogP) is 8.30. The van der Waals surface area contributed by atoms with Crippen LogP contribution in [0.3, 0.4) is 0 Å². The Morgan fingerprint density at radius 1 is 0.972 bits per heavy atom. The van der Waals surface area contributed by atoms with E-state index in [1.54, 1.807) is 6.07 Å². The number of carbonyl (C=O) groups is 2. The lowest BCUT2D eigenvalue weighted by molar-refractivity contribution is -0.157. The molecule has 0 saturated heterocycles. The second-order valence-corrected chi connectivity index (χ2v) is 9.43. The quantitative estimate of drug-likeness (QED) is 0.205. The van der Waals surface area contributed by atoms with Crippen molar-refractivity contribution in [3.63, 3.8) is 0 Å². The van der Waals surface area contributed by atoms with Crippen molar-refractivity contribution in [2.45, 2.75) is 135 Å². The van der Waals surface area contributed by atoms with Crippen LogP contribution in [-0.4, -0.2) is 18.0 Å². The molecule has 1 aromatic carbocycles. The fourth-order valence-corrected chi connectivity index (χ4v) is 6.35. The van der Waals surface area contributed by atoms with Crippen molar-refractivity contribution in [1.82, 2.24) is 0 Å². The van der Waals surface area contributed by atoms with Gasteiger partial charge in [-0.3, -0.25) is 9.59 Å². The summed E-state index contributed by atoms with van der Waals surface area (Å²) in [6, 6.07) is 4.26. The molecule has 4 rings (SSSR count). The highest BCUT2D eigenvalue weighted by atomic mass is 16.5. The Balaban J connectivity index is 1.52. The highest BCUT2D eigenvalue weighted by Gasteiger charge is 2.56. The zero-order chi connectivity index (χ0) is 48.5. The number of fused-ring (bicyclic) bond motifs is 5. The van der Waals surface area contributed by atoms with Gasteiger partial charge in [-0.1, -0.05) is 64.9 Å². The van der Waals surface area contributed by atoms with E-state index in [9.17, 15) is 9.59 Å². The summed E-state index contributed by atoms with van der Waals surface area (Å²) in [5.74, 6) is -4.55. The van der Waals surface area contributed by atoms with E-state index in [-0.39, 0.29) is 29.9 Å². The number of esters is 2. The average Bonchev–Trinajstić information content (AvgIpc) is 3.45. The molecule has 0 spiro atoms. The maximum absolute atomic E-state index is 13.5. The lowest BCUT2D eigenvalue weighted by Gasteiger charge is -2.50. The Bertz CT molecular complexity index is 1900. The van der Waals surface area contributed by atoms with Crippen LogP contribution in [0.2, 0.25) is 0 Å². The molecule has 3 aliphatic rings. The van der Waals surface area contributed by atoms with Gasteiger partial charge in [-0.25, -0.2) is 0 Å². The summed E-state index contributed by atoms with van der Waals surface area (Å²) in [5.41, 5.74) is 0.638. The van der Waals surface area contributed by atoms with Crippen molar-refractivity contribution in [3.8, 4) is 5.75 Å². The second-order valence-electron chi connectivity index (χ2n) is 9.43. The molecule has 5 atom stereocenters. The third-order valence-electron chi connectivity index (χ3n) is 7.78. The maximum Gasteiger partial charge on any atom is 0.311 e. The SMILES string of the molecule is [2H]C([2H])([2H])C([2H])([2H])C([2H])([2H])C([2H])([2H])C([2H])([2H])C([2H])([2H])C(=O)Oc1ccc2c(c1)CC[C@@H]1[C@@H]2CC[C@]2(C)[C@@H](OC(=O)C([2H])([2H])C([2H])([2H])C([2H])([2H])C([2H])([2H])C([2H])([2H])C([2H])([2H])[2H])CC[C@@H]12. The maximum atomic E-state index is 13.5. The minimum absolute atomic E-state index is 0.0697. The smallest absolute Gasteiger partial charge is 0.311 e. The molecule has 0 radical (unpaired) electrons. The Morgan fingerprint density at radius 3 is 2.47 bits per heavy atom. The second kappa shape index (κ2) is 12.6. The van der Waals surface area contributed by atoms with Gasteiger partial charge in [0.25, 0.3) is 0 Å². The Labute approximate surface area is 255 Å². The molecule has 0 bridgehead atoms.